The average molecular weight is 499 g/mol. The van der Waals surface area contributed by atoms with Gasteiger partial charge in [-0.2, -0.15) is 13.2 Å². The number of para-hydroxylation sites is 2. The highest BCUT2D eigenvalue weighted by Gasteiger charge is 2.39. The van der Waals surface area contributed by atoms with Crippen LogP contribution in [0.15, 0.2) is 77.7 Å². The normalized spacial score (nSPS) is 14.1. The molecule has 0 fully saturated rings. The van der Waals surface area contributed by atoms with Gasteiger partial charge in [0.05, 0.1) is 27.7 Å². The summed E-state index contributed by atoms with van der Waals surface area (Å²) in [4.78, 5) is 29.8. The van der Waals surface area contributed by atoms with Crippen molar-refractivity contribution in [1.82, 2.24) is 13.9 Å². The SMILES string of the molecule is O=C1c2ccccc2C(=O)N1CCc1nc2ccccc2n1S(=O)(=O)c1ccccc1C(F)(F)F. The van der Waals surface area contributed by atoms with E-state index in [0.29, 0.717) is 6.07 Å². The number of amides is 2. The molecule has 35 heavy (non-hydrogen) atoms. The molecule has 1 aromatic heterocycles. The van der Waals surface area contributed by atoms with Crippen LogP contribution in [0.3, 0.4) is 0 Å². The smallest absolute Gasteiger partial charge is 0.274 e. The minimum absolute atomic E-state index is 0.0850. The number of fused-ring (bicyclic) bond motifs is 2. The maximum atomic E-state index is 13.6. The minimum atomic E-state index is -4.90. The lowest BCUT2D eigenvalue weighted by Crippen LogP contribution is -2.32. The van der Waals surface area contributed by atoms with E-state index < -0.39 is 38.5 Å². The first-order chi connectivity index (χ1) is 16.6. The molecule has 0 unspecified atom stereocenters. The number of imide groups is 1. The number of carbonyl (C=O) groups is 2. The van der Waals surface area contributed by atoms with Gasteiger partial charge in [-0.25, -0.2) is 17.4 Å². The molecule has 11 heteroatoms. The summed E-state index contributed by atoms with van der Waals surface area (Å²) in [5.74, 6) is -1.16. The molecule has 0 N–H and O–H groups in total. The van der Waals surface area contributed by atoms with E-state index >= 15 is 0 Å². The van der Waals surface area contributed by atoms with Gasteiger partial charge in [0.1, 0.15) is 10.7 Å². The topological polar surface area (TPSA) is 89.3 Å². The fourth-order valence-electron chi connectivity index (χ4n) is 4.16. The fraction of sp³-hybridized carbons (Fsp3) is 0.125. The fourth-order valence-corrected chi connectivity index (χ4v) is 5.89. The predicted octanol–water partition coefficient (Wildman–Crippen LogP) is 4.13. The molecule has 7 nitrogen and oxygen atoms in total. The lowest BCUT2D eigenvalue weighted by atomic mass is 10.1. The Kier molecular flexibility index (Phi) is 5.24. The number of nitrogens with zero attached hydrogens (tertiary/aromatic N) is 3. The second kappa shape index (κ2) is 8.05. The van der Waals surface area contributed by atoms with Crippen LogP contribution in [-0.4, -0.2) is 40.6 Å². The Morgan fingerprint density at radius 1 is 0.800 bits per heavy atom. The number of halogens is 3. The molecule has 4 aromatic rings. The van der Waals surface area contributed by atoms with Crippen LogP contribution in [0.1, 0.15) is 32.1 Å². The molecule has 0 radical (unpaired) electrons. The third kappa shape index (κ3) is 3.68. The van der Waals surface area contributed by atoms with E-state index in [2.05, 4.69) is 4.98 Å². The van der Waals surface area contributed by atoms with Crippen molar-refractivity contribution in [3.05, 3.63) is 95.3 Å². The van der Waals surface area contributed by atoms with Gasteiger partial charge in [0.25, 0.3) is 21.8 Å². The van der Waals surface area contributed by atoms with Gasteiger partial charge in [0.15, 0.2) is 0 Å². The number of carbonyl (C=O) groups excluding carboxylic acids is 2. The van der Waals surface area contributed by atoms with Gasteiger partial charge in [-0.15, -0.1) is 0 Å². The van der Waals surface area contributed by atoms with Crippen molar-refractivity contribution in [3.8, 4) is 0 Å². The Balaban J connectivity index is 1.58. The molecular weight excluding hydrogens is 483 g/mol. The third-order valence-electron chi connectivity index (χ3n) is 5.73. The van der Waals surface area contributed by atoms with Gasteiger partial charge in [-0.3, -0.25) is 14.5 Å². The van der Waals surface area contributed by atoms with Crippen LogP contribution in [-0.2, 0) is 22.6 Å². The number of hydrogen-bond donors (Lipinski definition) is 0. The Morgan fingerprint density at radius 3 is 2.03 bits per heavy atom. The second-order valence-electron chi connectivity index (χ2n) is 7.84. The van der Waals surface area contributed by atoms with Gasteiger partial charge in [-0.05, 0) is 36.4 Å². The van der Waals surface area contributed by atoms with Crippen molar-refractivity contribution >= 4 is 32.9 Å². The molecule has 2 amide bonds. The molecule has 5 rings (SSSR count). The maximum Gasteiger partial charge on any atom is 0.417 e. The summed E-state index contributed by atoms with van der Waals surface area (Å²) in [6.07, 6.45) is -5.09. The summed E-state index contributed by atoms with van der Waals surface area (Å²) >= 11 is 0. The number of imidazole rings is 1. The summed E-state index contributed by atoms with van der Waals surface area (Å²) in [5.41, 5.74) is -0.501. The Labute approximate surface area is 197 Å². The maximum absolute atomic E-state index is 13.6. The van der Waals surface area contributed by atoms with Crippen molar-refractivity contribution < 1.29 is 31.2 Å². The lowest BCUT2D eigenvalue weighted by Gasteiger charge is -2.17. The van der Waals surface area contributed by atoms with Crippen LogP contribution in [0, 0.1) is 0 Å². The van der Waals surface area contributed by atoms with Crippen LogP contribution < -0.4 is 0 Å². The Bertz CT molecular complexity index is 1570. The van der Waals surface area contributed by atoms with Crippen LogP contribution in [0.5, 0.6) is 0 Å². The van der Waals surface area contributed by atoms with Gasteiger partial charge in [0.2, 0.25) is 0 Å². The summed E-state index contributed by atoms with van der Waals surface area (Å²) in [7, 11) is -4.75. The van der Waals surface area contributed by atoms with E-state index in [1.165, 1.54) is 30.3 Å². The summed E-state index contributed by atoms with van der Waals surface area (Å²) in [6, 6.07) is 16.3. The molecule has 0 saturated carbocycles. The van der Waals surface area contributed by atoms with E-state index in [-0.39, 0.29) is 41.0 Å². The van der Waals surface area contributed by atoms with E-state index in [4.69, 9.17) is 0 Å². The second-order valence-corrected chi connectivity index (χ2v) is 9.59. The molecule has 0 saturated heterocycles. The first-order valence-corrected chi connectivity index (χ1v) is 11.9. The zero-order chi connectivity index (χ0) is 25.0. The minimum Gasteiger partial charge on any atom is -0.274 e. The van der Waals surface area contributed by atoms with Crippen LogP contribution in [0.4, 0.5) is 13.2 Å². The summed E-state index contributed by atoms with van der Waals surface area (Å²) in [6.45, 7) is -0.202. The predicted molar refractivity (Wildman–Crippen MR) is 119 cm³/mol. The molecule has 0 atom stereocenters. The zero-order valence-electron chi connectivity index (χ0n) is 17.9. The first kappa shape index (κ1) is 22.8. The van der Waals surface area contributed by atoms with E-state index in [1.54, 1.807) is 24.3 Å². The summed E-state index contributed by atoms with van der Waals surface area (Å²) in [5, 5.41) is 0. The average Bonchev–Trinajstić information content (AvgIpc) is 3.33. The number of rotatable bonds is 5. The van der Waals surface area contributed by atoms with Gasteiger partial charge < -0.3 is 0 Å². The Hall–Kier alpha value is -3.99. The quantitative estimate of drug-likeness (QED) is 0.385. The van der Waals surface area contributed by atoms with E-state index in [1.807, 2.05) is 0 Å². The van der Waals surface area contributed by atoms with Crippen LogP contribution in [0.2, 0.25) is 0 Å². The van der Waals surface area contributed by atoms with Crippen molar-refractivity contribution in [2.45, 2.75) is 17.5 Å². The number of hydrogen-bond acceptors (Lipinski definition) is 5. The summed E-state index contributed by atoms with van der Waals surface area (Å²) < 4.78 is 68.8. The zero-order valence-corrected chi connectivity index (χ0v) is 18.7. The lowest BCUT2D eigenvalue weighted by molar-refractivity contribution is -0.139. The number of aromatic nitrogens is 2. The van der Waals surface area contributed by atoms with Crippen LogP contribution >= 0.6 is 0 Å². The van der Waals surface area contributed by atoms with Crippen LogP contribution in [0.25, 0.3) is 11.0 Å². The van der Waals surface area contributed by atoms with Gasteiger partial charge in [0, 0.05) is 13.0 Å². The molecule has 0 bridgehead atoms. The van der Waals surface area contributed by atoms with Crippen molar-refractivity contribution in [3.63, 3.8) is 0 Å². The van der Waals surface area contributed by atoms with Gasteiger partial charge >= 0.3 is 6.18 Å². The van der Waals surface area contributed by atoms with E-state index in [0.717, 1.165) is 21.0 Å². The van der Waals surface area contributed by atoms with Crippen molar-refractivity contribution in [1.29, 1.82) is 0 Å². The van der Waals surface area contributed by atoms with Crippen molar-refractivity contribution in [2.75, 3.05) is 6.54 Å². The van der Waals surface area contributed by atoms with E-state index in [9.17, 15) is 31.2 Å². The molecule has 2 heterocycles. The highest BCUT2D eigenvalue weighted by Crippen LogP contribution is 2.36. The molecule has 3 aromatic carbocycles. The van der Waals surface area contributed by atoms with Crippen molar-refractivity contribution in [2.24, 2.45) is 0 Å². The molecule has 0 spiro atoms. The highest BCUT2D eigenvalue weighted by atomic mass is 32.2. The number of benzene rings is 3. The molecule has 0 aliphatic carbocycles. The molecular formula is C24H16F3N3O4S. The highest BCUT2D eigenvalue weighted by molar-refractivity contribution is 7.90. The largest absolute Gasteiger partial charge is 0.417 e. The Morgan fingerprint density at radius 2 is 1.37 bits per heavy atom. The standard InChI is InChI=1S/C24H16F3N3O4S/c25-24(26,27)17-9-3-6-12-20(17)35(33,34)30-19-11-5-4-10-18(19)28-21(30)13-14-29-22(31)15-7-1-2-8-16(15)23(29)32/h1-12H,13-14H2. The molecule has 1 aliphatic rings. The third-order valence-corrected chi connectivity index (χ3v) is 7.53. The number of alkyl halides is 3. The monoisotopic (exact) mass is 499 g/mol. The molecule has 178 valence electrons. The molecule has 1 aliphatic heterocycles. The van der Waals surface area contributed by atoms with Gasteiger partial charge in [-0.1, -0.05) is 36.4 Å². The first-order valence-electron chi connectivity index (χ1n) is 10.4.